The van der Waals surface area contributed by atoms with Gasteiger partial charge < -0.3 is 20.1 Å². The van der Waals surface area contributed by atoms with Crippen molar-refractivity contribution < 1.29 is 9.47 Å². The molecule has 1 aliphatic rings. The van der Waals surface area contributed by atoms with Crippen LogP contribution in [0.25, 0.3) is 0 Å². The maximum Gasteiger partial charge on any atom is 0.120 e. The van der Waals surface area contributed by atoms with Crippen molar-refractivity contribution >= 4 is 5.69 Å². The van der Waals surface area contributed by atoms with Gasteiger partial charge in [0.15, 0.2) is 0 Å². The Morgan fingerprint density at radius 3 is 2.30 bits per heavy atom. The van der Waals surface area contributed by atoms with Crippen molar-refractivity contribution in [1.29, 1.82) is 0 Å². The fourth-order valence-electron chi connectivity index (χ4n) is 3.10. The number of anilines is 1. The average molecular weight is 278 g/mol. The SMILES string of the molecule is COc1ccc(CN)c(N2CC(C)(C)OC(C)(C)C2)c1. The summed E-state index contributed by atoms with van der Waals surface area (Å²) in [6, 6.07) is 6.08. The fourth-order valence-corrected chi connectivity index (χ4v) is 3.10. The molecule has 112 valence electrons. The van der Waals surface area contributed by atoms with Crippen molar-refractivity contribution in [1.82, 2.24) is 0 Å². The molecular formula is C16H26N2O2. The van der Waals surface area contributed by atoms with E-state index in [0.29, 0.717) is 6.54 Å². The normalized spacial score (nSPS) is 20.8. The van der Waals surface area contributed by atoms with E-state index in [2.05, 4.69) is 38.7 Å². The first-order valence-corrected chi connectivity index (χ1v) is 7.08. The van der Waals surface area contributed by atoms with Crippen LogP contribution in [0.15, 0.2) is 18.2 Å². The van der Waals surface area contributed by atoms with Crippen molar-refractivity contribution in [3.63, 3.8) is 0 Å². The van der Waals surface area contributed by atoms with Gasteiger partial charge in [-0.05, 0) is 39.3 Å². The Kier molecular flexibility index (Phi) is 3.98. The molecule has 1 aromatic carbocycles. The highest BCUT2D eigenvalue weighted by Gasteiger charge is 2.38. The number of morpholine rings is 1. The minimum Gasteiger partial charge on any atom is -0.497 e. The third-order valence-electron chi connectivity index (χ3n) is 3.55. The second-order valence-corrected chi connectivity index (χ2v) is 6.68. The largest absolute Gasteiger partial charge is 0.497 e. The average Bonchev–Trinajstić information content (AvgIpc) is 2.34. The summed E-state index contributed by atoms with van der Waals surface area (Å²) in [5, 5.41) is 0. The van der Waals surface area contributed by atoms with Gasteiger partial charge in [-0.3, -0.25) is 0 Å². The van der Waals surface area contributed by atoms with Crippen LogP contribution >= 0.6 is 0 Å². The Morgan fingerprint density at radius 1 is 1.20 bits per heavy atom. The number of nitrogens with zero attached hydrogens (tertiary/aromatic N) is 1. The van der Waals surface area contributed by atoms with Gasteiger partial charge in [0, 0.05) is 31.4 Å². The summed E-state index contributed by atoms with van der Waals surface area (Å²) in [6.45, 7) is 10.7. The lowest BCUT2D eigenvalue weighted by Crippen LogP contribution is -2.57. The highest BCUT2D eigenvalue weighted by molar-refractivity contribution is 5.58. The van der Waals surface area contributed by atoms with E-state index in [1.807, 2.05) is 12.1 Å². The van der Waals surface area contributed by atoms with E-state index in [1.165, 1.54) is 0 Å². The number of methoxy groups -OCH3 is 1. The summed E-state index contributed by atoms with van der Waals surface area (Å²) in [6.07, 6.45) is 0. The molecule has 1 saturated heterocycles. The number of benzene rings is 1. The molecule has 0 amide bonds. The monoisotopic (exact) mass is 278 g/mol. The highest BCUT2D eigenvalue weighted by atomic mass is 16.5. The molecule has 0 aliphatic carbocycles. The van der Waals surface area contributed by atoms with Gasteiger partial charge >= 0.3 is 0 Å². The van der Waals surface area contributed by atoms with Crippen LogP contribution in [0.3, 0.4) is 0 Å². The van der Waals surface area contributed by atoms with Crippen LogP contribution in [-0.2, 0) is 11.3 Å². The second kappa shape index (κ2) is 5.26. The Bertz CT molecular complexity index is 467. The lowest BCUT2D eigenvalue weighted by molar-refractivity contribution is -0.133. The van der Waals surface area contributed by atoms with Crippen molar-refractivity contribution in [2.45, 2.75) is 45.4 Å². The quantitative estimate of drug-likeness (QED) is 0.923. The van der Waals surface area contributed by atoms with E-state index in [1.54, 1.807) is 7.11 Å². The van der Waals surface area contributed by atoms with Crippen molar-refractivity contribution in [2.75, 3.05) is 25.1 Å². The molecule has 0 spiro atoms. The van der Waals surface area contributed by atoms with Crippen molar-refractivity contribution in [2.24, 2.45) is 5.73 Å². The fraction of sp³-hybridized carbons (Fsp3) is 0.625. The van der Waals surface area contributed by atoms with E-state index in [0.717, 1.165) is 30.1 Å². The molecule has 0 saturated carbocycles. The van der Waals surface area contributed by atoms with Gasteiger partial charge in [0.05, 0.1) is 18.3 Å². The summed E-state index contributed by atoms with van der Waals surface area (Å²) in [4.78, 5) is 2.36. The van der Waals surface area contributed by atoms with E-state index >= 15 is 0 Å². The van der Waals surface area contributed by atoms with Crippen LogP contribution in [0, 0.1) is 0 Å². The van der Waals surface area contributed by atoms with Crippen LogP contribution in [0.4, 0.5) is 5.69 Å². The summed E-state index contributed by atoms with van der Waals surface area (Å²) >= 11 is 0. The van der Waals surface area contributed by atoms with E-state index in [-0.39, 0.29) is 11.2 Å². The lowest BCUT2D eigenvalue weighted by Gasteiger charge is -2.48. The molecule has 1 aromatic rings. The molecule has 1 heterocycles. The Balaban J connectivity index is 2.39. The van der Waals surface area contributed by atoms with Gasteiger partial charge in [-0.1, -0.05) is 6.07 Å². The minimum absolute atomic E-state index is 0.184. The zero-order valence-corrected chi connectivity index (χ0v) is 13.2. The number of hydrogen-bond donors (Lipinski definition) is 1. The first-order chi connectivity index (χ1) is 9.26. The maximum atomic E-state index is 6.14. The van der Waals surface area contributed by atoms with Crippen molar-refractivity contribution in [3.05, 3.63) is 23.8 Å². The van der Waals surface area contributed by atoms with Crippen molar-refractivity contribution in [3.8, 4) is 5.75 Å². The van der Waals surface area contributed by atoms with Gasteiger partial charge in [0.2, 0.25) is 0 Å². The van der Waals surface area contributed by atoms with Gasteiger partial charge in [0.25, 0.3) is 0 Å². The molecule has 0 radical (unpaired) electrons. The van der Waals surface area contributed by atoms with Gasteiger partial charge in [-0.2, -0.15) is 0 Å². The molecule has 1 aliphatic heterocycles. The number of ether oxygens (including phenoxy) is 2. The molecule has 2 N–H and O–H groups in total. The predicted molar refractivity (Wildman–Crippen MR) is 82.3 cm³/mol. The smallest absolute Gasteiger partial charge is 0.120 e. The molecule has 4 nitrogen and oxygen atoms in total. The predicted octanol–water partition coefficient (Wildman–Crippen LogP) is 2.55. The zero-order chi connectivity index (χ0) is 15.0. The Morgan fingerprint density at radius 2 is 1.80 bits per heavy atom. The molecule has 1 fully saturated rings. The van der Waals surface area contributed by atoms with Crippen LogP contribution < -0.4 is 15.4 Å². The number of rotatable bonds is 3. The third-order valence-corrected chi connectivity index (χ3v) is 3.55. The molecule has 2 rings (SSSR count). The molecule has 0 unspecified atom stereocenters. The van der Waals surface area contributed by atoms with Crippen LogP contribution in [0.2, 0.25) is 0 Å². The van der Waals surface area contributed by atoms with Crippen LogP contribution in [0.5, 0.6) is 5.75 Å². The summed E-state index contributed by atoms with van der Waals surface area (Å²) in [7, 11) is 1.69. The molecule has 4 heteroatoms. The number of hydrogen-bond acceptors (Lipinski definition) is 4. The van der Waals surface area contributed by atoms with E-state index < -0.39 is 0 Å². The minimum atomic E-state index is -0.184. The zero-order valence-electron chi connectivity index (χ0n) is 13.2. The second-order valence-electron chi connectivity index (χ2n) is 6.68. The van der Waals surface area contributed by atoms with Gasteiger partial charge in [-0.15, -0.1) is 0 Å². The van der Waals surface area contributed by atoms with E-state index in [4.69, 9.17) is 15.2 Å². The molecular weight excluding hydrogens is 252 g/mol. The Hall–Kier alpha value is -1.26. The summed E-state index contributed by atoms with van der Waals surface area (Å²) in [5.74, 6) is 0.860. The molecule has 20 heavy (non-hydrogen) atoms. The summed E-state index contributed by atoms with van der Waals surface area (Å²) < 4.78 is 11.5. The topological polar surface area (TPSA) is 47.7 Å². The first-order valence-electron chi connectivity index (χ1n) is 7.08. The first kappa shape index (κ1) is 15.1. The Labute approximate surface area is 121 Å². The highest BCUT2D eigenvalue weighted by Crippen LogP contribution is 2.34. The maximum absolute atomic E-state index is 6.14. The van der Waals surface area contributed by atoms with Crippen LogP contribution in [-0.4, -0.2) is 31.4 Å². The standard InChI is InChI=1S/C16H26N2O2/c1-15(2)10-18(11-16(3,4)20-15)14-8-13(19-5)7-6-12(14)9-17/h6-8H,9-11,17H2,1-5H3. The third kappa shape index (κ3) is 3.25. The lowest BCUT2D eigenvalue weighted by atomic mass is 9.97. The number of nitrogens with two attached hydrogens (primary N) is 1. The van der Waals surface area contributed by atoms with Gasteiger partial charge in [-0.25, -0.2) is 0 Å². The molecule has 0 bridgehead atoms. The molecule has 0 atom stereocenters. The molecule has 0 aromatic heterocycles. The van der Waals surface area contributed by atoms with Gasteiger partial charge in [0.1, 0.15) is 5.75 Å². The van der Waals surface area contributed by atoms with E-state index in [9.17, 15) is 0 Å². The summed E-state index contributed by atoms with van der Waals surface area (Å²) in [5.41, 5.74) is 7.81. The van der Waals surface area contributed by atoms with Crippen LogP contribution in [0.1, 0.15) is 33.3 Å².